The van der Waals surface area contributed by atoms with E-state index in [1.165, 1.54) is 5.43 Å². The highest BCUT2D eigenvalue weighted by atomic mass is 79.9. The molecule has 0 saturated carbocycles. The molecule has 0 unspecified atom stereocenters. The highest BCUT2D eigenvalue weighted by Gasteiger charge is 2.41. The minimum atomic E-state index is -4.16. The lowest BCUT2D eigenvalue weighted by molar-refractivity contribution is -0.192. The molecule has 88 valence electrons. The molecule has 0 aromatic heterocycles. The minimum absolute atomic E-state index is 0.200. The second kappa shape index (κ2) is 4.71. The lowest BCUT2D eigenvalue weighted by Crippen LogP contribution is -2.47. The van der Waals surface area contributed by atoms with Gasteiger partial charge >= 0.3 is 12.0 Å². The van der Waals surface area contributed by atoms with Gasteiger partial charge in [-0.15, -0.1) is 0 Å². The van der Waals surface area contributed by atoms with Crippen LogP contribution in [0.5, 0.6) is 5.75 Å². The van der Waals surface area contributed by atoms with Crippen LogP contribution in [0.25, 0.3) is 0 Å². The summed E-state index contributed by atoms with van der Waals surface area (Å²) in [5, 5.41) is 0. The normalized spacial score (nSPS) is 11.1. The molecule has 0 radical (unpaired) electrons. The van der Waals surface area contributed by atoms with E-state index in [2.05, 4.69) is 26.5 Å². The van der Waals surface area contributed by atoms with Gasteiger partial charge in [-0.05, 0) is 12.1 Å². The number of ether oxygens (including phenoxy) is 1. The predicted octanol–water partition coefficient (Wildman–Crippen LogP) is 1.55. The Kier molecular flexibility index (Phi) is 3.76. The summed E-state index contributed by atoms with van der Waals surface area (Å²) in [6.07, 6.45) is -4.16. The lowest BCUT2D eigenvalue weighted by atomic mass is 10.3. The average Bonchev–Trinajstić information content (AvgIpc) is 2.13. The van der Waals surface area contributed by atoms with Crippen molar-refractivity contribution in [3.8, 4) is 5.75 Å². The zero-order valence-electron chi connectivity index (χ0n) is 7.64. The molecule has 1 aromatic carbocycles. The number of nitrogens with one attached hydrogen (secondary N) is 1. The second-order valence-electron chi connectivity index (χ2n) is 2.70. The molecule has 4 nitrogen and oxygen atoms in total. The maximum absolute atomic E-state index is 12.9. The van der Waals surface area contributed by atoms with Gasteiger partial charge in [-0.1, -0.05) is 15.9 Å². The van der Waals surface area contributed by atoms with Crippen LogP contribution >= 0.6 is 15.9 Å². The summed E-state index contributed by atoms with van der Waals surface area (Å²) in [7, 11) is 0. The summed E-state index contributed by atoms with van der Waals surface area (Å²) in [5.41, 5.74) is 1.24. The zero-order chi connectivity index (χ0) is 12.3. The van der Waals surface area contributed by atoms with Crippen molar-refractivity contribution in [1.29, 1.82) is 0 Å². The van der Waals surface area contributed by atoms with Gasteiger partial charge in [-0.2, -0.15) is 8.78 Å². The van der Waals surface area contributed by atoms with Gasteiger partial charge in [-0.3, -0.25) is 10.2 Å². The Hall–Kier alpha value is -1.28. The molecule has 0 fully saturated rings. The second-order valence-corrected chi connectivity index (χ2v) is 3.61. The first-order valence-corrected chi connectivity index (χ1v) is 4.68. The number of nitrogens with two attached hydrogens (primary N) is 1. The average molecular weight is 299 g/mol. The summed E-state index contributed by atoms with van der Waals surface area (Å²) < 4.78 is 42.9. The molecule has 0 heterocycles. The molecule has 1 aromatic rings. The number of halogens is 4. The fourth-order valence-electron chi connectivity index (χ4n) is 0.866. The van der Waals surface area contributed by atoms with Gasteiger partial charge in [0, 0.05) is 10.5 Å². The SMILES string of the molecule is NNC(=O)C(F)(F)Oc1cc(F)cc(Br)c1. The molecular weight excluding hydrogens is 293 g/mol. The number of carbonyl (C=O) groups excluding carboxylic acids is 1. The number of rotatable bonds is 3. The molecule has 0 saturated heterocycles. The molecule has 0 aliphatic rings. The number of alkyl halides is 2. The molecule has 0 atom stereocenters. The lowest BCUT2D eigenvalue weighted by Gasteiger charge is -2.15. The van der Waals surface area contributed by atoms with Crippen molar-refractivity contribution in [2.45, 2.75) is 6.11 Å². The topological polar surface area (TPSA) is 64.3 Å². The van der Waals surface area contributed by atoms with Crippen LogP contribution in [0, 0.1) is 5.82 Å². The number of hydrogen-bond donors (Lipinski definition) is 2. The van der Waals surface area contributed by atoms with Crippen LogP contribution in [-0.2, 0) is 4.79 Å². The van der Waals surface area contributed by atoms with Crippen LogP contribution < -0.4 is 16.0 Å². The fourth-order valence-corrected chi connectivity index (χ4v) is 1.31. The van der Waals surface area contributed by atoms with E-state index in [0.717, 1.165) is 12.1 Å². The van der Waals surface area contributed by atoms with Gasteiger partial charge < -0.3 is 4.74 Å². The van der Waals surface area contributed by atoms with E-state index in [-0.39, 0.29) is 4.47 Å². The van der Waals surface area contributed by atoms with Crippen LogP contribution in [0.3, 0.4) is 0 Å². The zero-order valence-corrected chi connectivity index (χ0v) is 9.22. The third-order valence-corrected chi connectivity index (χ3v) is 1.94. The van der Waals surface area contributed by atoms with E-state index in [1.54, 1.807) is 0 Å². The van der Waals surface area contributed by atoms with E-state index < -0.39 is 23.6 Å². The summed E-state index contributed by atoms with van der Waals surface area (Å²) in [5.74, 6) is 1.42. The number of hydrogen-bond acceptors (Lipinski definition) is 3. The molecule has 16 heavy (non-hydrogen) atoms. The van der Waals surface area contributed by atoms with Crippen molar-refractivity contribution < 1.29 is 22.7 Å². The third kappa shape index (κ3) is 3.11. The van der Waals surface area contributed by atoms with Crippen molar-refractivity contribution in [2.24, 2.45) is 5.84 Å². The molecule has 0 spiro atoms. The monoisotopic (exact) mass is 298 g/mol. The Balaban J connectivity index is 2.91. The van der Waals surface area contributed by atoms with E-state index >= 15 is 0 Å². The fraction of sp³-hybridized carbons (Fsp3) is 0.125. The quantitative estimate of drug-likeness (QED) is 0.505. The molecule has 1 amide bonds. The molecule has 3 N–H and O–H groups in total. The first-order chi connectivity index (χ1) is 7.35. The number of carbonyl (C=O) groups is 1. The van der Waals surface area contributed by atoms with Crippen LogP contribution in [0.1, 0.15) is 0 Å². The van der Waals surface area contributed by atoms with Crippen LogP contribution in [0.15, 0.2) is 22.7 Å². The van der Waals surface area contributed by atoms with Gasteiger partial charge in [-0.25, -0.2) is 10.2 Å². The third-order valence-electron chi connectivity index (χ3n) is 1.48. The van der Waals surface area contributed by atoms with Gasteiger partial charge in [0.2, 0.25) is 0 Å². The molecule has 1 rings (SSSR count). The Morgan fingerprint density at radius 3 is 2.56 bits per heavy atom. The van der Waals surface area contributed by atoms with E-state index in [0.29, 0.717) is 6.07 Å². The minimum Gasteiger partial charge on any atom is -0.425 e. The van der Waals surface area contributed by atoms with Gasteiger partial charge in [0.25, 0.3) is 0 Å². The maximum Gasteiger partial charge on any atom is 0.483 e. The highest BCUT2D eigenvalue weighted by molar-refractivity contribution is 9.10. The molecular formula is C8H6BrF3N2O2. The highest BCUT2D eigenvalue weighted by Crippen LogP contribution is 2.26. The molecule has 0 bridgehead atoms. The maximum atomic E-state index is 12.9. The largest absolute Gasteiger partial charge is 0.483 e. The van der Waals surface area contributed by atoms with Crippen LogP contribution in [-0.4, -0.2) is 12.0 Å². The van der Waals surface area contributed by atoms with Gasteiger partial charge in [0.05, 0.1) is 0 Å². The molecule has 0 aliphatic carbocycles. The summed E-state index contributed by atoms with van der Waals surface area (Å²) in [6.45, 7) is 0. The van der Waals surface area contributed by atoms with Crippen LogP contribution in [0.4, 0.5) is 13.2 Å². The standard InChI is InChI=1S/C8H6BrF3N2O2/c9-4-1-5(10)3-6(2-4)16-8(11,12)7(15)14-13/h1-3H,13H2,(H,14,15). The van der Waals surface area contributed by atoms with Crippen molar-refractivity contribution in [3.63, 3.8) is 0 Å². The Bertz CT molecular complexity index is 394. The summed E-state index contributed by atoms with van der Waals surface area (Å²) >= 11 is 2.88. The summed E-state index contributed by atoms with van der Waals surface area (Å²) in [4.78, 5) is 10.6. The van der Waals surface area contributed by atoms with E-state index in [4.69, 9.17) is 0 Å². The van der Waals surface area contributed by atoms with Crippen molar-refractivity contribution in [1.82, 2.24) is 5.43 Å². The number of amides is 1. The smallest absolute Gasteiger partial charge is 0.425 e. The van der Waals surface area contributed by atoms with Crippen molar-refractivity contribution in [2.75, 3.05) is 0 Å². The molecule has 8 heteroatoms. The Morgan fingerprint density at radius 1 is 1.44 bits per heavy atom. The van der Waals surface area contributed by atoms with E-state index in [9.17, 15) is 18.0 Å². The first kappa shape index (κ1) is 12.8. The number of hydrazine groups is 1. The van der Waals surface area contributed by atoms with Gasteiger partial charge in [0.1, 0.15) is 11.6 Å². The predicted molar refractivity (Wildman–Crippen MR) is 52.0 cm³/mol. The molecule has 0 aliphatic heterocycles. The Labute approximate surface area is 96.7 Å². The first-order valence-electron chi connectivity index (χ1n) is 3.89. The summed E-state index contributed by atoms with van der Waals surface area (Å²) in [6, 6.07) is 2.84. The Morgan fingerprint density at radius 2 is 2.06 bits per heavy atom. The van der Waals surface area contributed by atoms with Crippen molar-refractivity contribution >= 4 is 21.8 Å². The van der Waals surface area contributed by atoms with E-state index in [1.807, 2.05) is 0 Å². The van der Waals surface area contributed by atoms with Crippen molar-refractivity contribution in [3.05, 3.63) is 28.5 Å². The van der Waals surface area contributed by atoms with Gasteiger partial charge in [0.15, 0.2) is 0 Å². The number of benzene rings is 1. The van der Waals surface area contributed by atoms with Crippen LogP contribution in [0.2, 0.25) is 0 Å².